The molecule has 0 unspecified atom stereocenters. The monoisotopic (exact) mass is 507 g/mol. The maximum atomic E-state index is 12.6. The van der Waals surface area contributed by atoms with Gasteiger partial charge >= 0.3 is 11.9 Å². The van der Waals surface area contributed by atoms with Crippen LogP contribution < -0.4 is 14.2 Å². The lowest BCUT2D eigenvalue weighted by atomic mass is 10.2. The zero-order valence-electron chi connectivity index (χ0n) is 17.2. The van der Waals surface area contributed by atoms with Crippen LogP contribution >= 0.6 is 32.9 Å². The molecule has 3 rings (SSSR count). The third kappa shape index (κ3) is 7.07. The van der Waals surface area contributed by atoms with E-state index in [0.29, 0.717) is 5.75 Å². The minimum atomic E-state index is -0.934. The van der Waals surface area contributed by atoms with Crippen LogP contribution in [0.25, 0.3) is 10.4 Å². The highest BCUT2D eigenvalue weighted by atomic mass is 32.9. The highest BCUT2D eigenvalue weighted by Gasteiger charge is 2.16. The van der Waals surface area contributed by atoms with Crippen LogP contribution in [0.4, 0.5) is 0 Å². The largest absolute Gasteiger partial charge is 0.493 e. The van der Waals surface area contributed by atoms with E-state index in [1.54, 1.807) is 22.5 Å². The first-order chi connectivity index (χ1) is 15.9. The quantitative estimate of drug-likeness (QED) is 0.0683. The average Bonchev–Trinajstić information content (AvgIpc) is 3.23. The van der Waals surface area contributed by atoms with Gasteiger partial charge in [-0.05, 0) is 60.5 Å². The molecule has 0 saturated carbocycles. The number of hydrogen-bond donors (Lipinski definition) is 0. The van der Waals surface area contributed by atoms with Gasteiger partial charge in [0.1, 0.15) is 9.57 Å². The summed E-state index contributed by atoms with van der Waals surface area (Å²) in [6.07, 6.45) is -0.0181. The number of methoxy groups -OCH3 is 1. The summed E-state index contributed by atoms with van der Waals surface area (Å²) >= 11 is 5.15. The Morgan fingerprint density at radius 1 is 1.03 bits per heavy atom. The minimum Gasteiger partial charge on any atom is -0.493 e. The van der Waals surface area contributed by atoms with Gasteiger partial charge in [0.25, 0.3) is 5.09 Å². The summed E-state index contributed by atoms with van der Waals surface area (Å²) in [5.74, 6) is -0.681. The predicted octanol–water partition coefficient (Wildman–Crippen LogP) is 5.33. The molecule has 0 radical (unpaired) electrons. The zero-order chi connectivity index (χ0) is 23.8. The van der Waals surface area contributed by atoms with Gasteiger partial charge in [-0.15, -0.1) is 10.1 Å². The molecule has 0 aliphatic rings. The second kappa shape index (κ2) is 11.5. The lowest BCUT2D eigenvalue weighted by Gasteiger charge is -2.11. The van der Waals surface area contributed by atoms with E-state index in [4.69, 9.17) is 26.4 Å². The van der Waals surface area contributed by atoms with Crippen molar-refractivity contribution in [3.8, 4) is 27.7 Å². The molecule has 0 N–H and O–H groups in total. The van der Waals surface area contributed by atoms with E-state index in [2.05, 4.69) is 4.84 Å². The van der Waals surface area contributed by atoms with E-state index in [-0.39, 0.29) is 36.5 Å². The summed E-state index contributed by atoms with van der Waals surface area (Å²) in [6.45, 7) is -0.230. The van der Waals surface area contributed by atoms with Crippen LogP contribution in [-0.2, 0) is 9.63 Å². The number of carbonyl (C=O) groups excluding carboxylic acids is 2. The summed E-state index contributed by atoms with van der Waals surface area (Å²) in [5.41, 5.74) is 1.12. The second-order valence-electron chi connectivity index (χ2n) is 6.41. The van der Waals surface area contributed by atoms with Crippen LogP contribution in [0.5, 0.6) is 17.2 Å². The van der Waals surface area contributed by atoms with Crippen LogP contribution in [0.3, 0.4) is 0 Å². The van der Waals surface area contributed by atoms with Gasteiger partial charge in [-0.3, -0.25) is 4.79 Å². The van der Waals surface area contributed by atoms with Gasteiger partial charge in [0.2, 0.25) is 0 Å². The van der Waals surface area contributed by atoms with E-state index in [1.165, 1.54) is 35.6 Å². The number of ether oxygens (including phenoxy) is 3. The van der Waals surface area contributed by atoms with E-state index in [0.717, 1.165) is 14.3 Å². The molecule has 0 fully saturated rings. The van der Waals surface area contributed by atoms with Crippen LogP contribution in [-0.4, -0.2) is 30.7 Å². The van der Waals surface area contributed by atoms with Crippen molar-refractivity contribution in [1.82, 2.24) is 0 Å². The average molecular weight is 508 g/mol. The Balaban J connectivity index is 1.64. The normalized spacial score (nSPS) is 10.3. The Morgan fingerprint density at radius 3 is 2.42 bits per heavy atom. The molecule has 0 aliphatic carbocycles. The fraction of sp³-hybridized carbons (Fsp3) is 0.190. The molecule has 33 heavy (non-hydrogen) atoms. The van der Waals surface area contributed by atoms with Gasteiger partial charge in [0, 0.05) is 11.3 Å². The first kappa shape index (κ1) is 24.3. The van der Waals surface area contributed by atoms with Gasteiger partial charge in [-0.2, -0.15) is 0 Å². The van der Waals surface area contributed by atoms with E-state index in [1.807, 2.05) is 18.2 Å². The van der Waals surface area contributed by atoms with E-state index >= 15 is 0 Å². The van der Waals surface area contributed by atoms with Crippen LogP contribution in [0.15, 0.2) is 48.5 Å². The van der Waals surface area contributed by atoms with Crippen molar-refractivity contribution in [3.63, 3.8) is 0 Å². The van der Waals surface area contributed by atoms with Crippen molar-refractivity contribution in [2.45, 2.75) is 12.8 Å². The standard InChI is InChI=1S/C21H17NO8S3/c1-27-16-9-6-14(11-17(16)30-19(23)3-2-10-28-22(25)26)21(24)29-15-7-4-13(5-8-15)18-12-20(31)33-32-18/h4-9,11-12H,2-3,10H2,1H3. The third-order valence-electron chi connectivity index (χ3n) is 4.16. The molecule has 9 nitrogen and oxygen atoms in total. The molecule has 3 aromatic rings. The molecular weight excluding hydrogens is 490 g/mol. The molecule has 1 heterocycles. The summed E-state index contributed by atoms with van der Waals surface area (Å²) in [4.78, 5) is 39.9. The molecule has 172 valence electrons. The van der Waals surface area contributed by atoms with Crippen LogP contribution in [0, 0.1) is 13.9 Å². The van der Waals surface area contributed by atoms with Crippen LogP contribution in [0.1, 0.15) is 23.2 Å². The number of carbonyl (C=O) groups is 2. The van der Waals surface area contributed by atoms with Gasteiger partial charge in [-0.1, -0.05) is 32.9 Å². The maximum absolute atomic E-state index is 12.6. The first-order valence-electron chi connectivity index (χ1n) is 9.44. The van der Waals surface area contributed by atoms with E-state index in [9.17, 15) is 19.7 Å². The first-order valence-corrected chi connectivity index (χ1v) is 12.0. The molecule has 0 bridgehead atoms. The summed E-state index contributed by atoms with van der Waals surface area (Å²) in [5, 5.41) is 9.20. The van der Waals surface area contributed by atoms with Crippen molar-refractivity contribution < 1.29 is 33.7 Å². The topological polar surface area (TPSA) is 114 Å². The second-order valence-corrected chi connectivity index (χ2v) is 9.32. The fourth-order valence-electron chi connectivity index (χ4n) is 2.64. The highest BCUT2D eigenvalue weighted by Crippen LogP contribution is 2.31. The number of benzene rings is 2. The van der Waals surface area contributed by atoms with Gasteiger partial charge < -0.3 is 19.0 Å². The smallest absolute Gasteiger partial charge is 0.343 e. The molecule has 0 spiro atoms. The Kier molecular flexibility index (Phi) is 8.46. The molecule has 0 aliphatic heterocycles. The van der Waals surface area contributed by atoms with Crippen molar-refractivity contribution >= 4 is 44.8 Å². The van der Waals surface area contributed by atoms with Gasteiger partial charge in [-0.25, -0.2) is 4.79 Å². The van der Waals surface area contributed by atoms with Crippen molar-refractivity contribution in [2.75, 3.05) is 13.7 Å². The Hall–Kier alpha value is -3.35. The lowest BCUT2D eigenvalue weighted by Crippen LogP contribution is -2.13. The SMILES string of the molecule is COc1ccc(C(=O)Oc2ccc(-c3cc(=S)ss3)cc2)cc1OC(=O)CCCO[N+](=O)[O-]. The molecule has 0 saturated heterocycles. The number of nitrogens with zero attached hydrogens (tertiary/aromatic N) is 1. The van der Waals surface area contributed by atoms with E-state index < -0.39 is 17.0 Å². The summed E-state index contributed by atoms with van der Waals surface area (Å²) in [7, 11) is 4.48. The molecule has 0 atom stereocenters. The third-order valence-corrected chi connectivity index (χ3v) is 7.07. The number of hydrogen-bond acceptors (Lipinski definition) is 11. The summed E-state index contributed by atoms with van der Waals surface area (Å²) < 4.78 is 16.6. The Morgan fingerprint density at radius 2 is 1.79 bits per heavy atom. The zero-order valence-corrected chi connectivity index (χ0v) is 19.6. The maximum Gasteiger partial charge on any atom is 0.343 e. The molecule has 12 heteroatoms. The van der Waals surface area contributed by atoms with Crippen molar-refractivity contribution in [3.05, 3.63) is 68.0 Å². The van der Waals surface area contributed by atoms with Gasteiger partial charge in [0.15, 0.2) is 11.5 Å². The minimum absolute atomic E-state index is 0.0288. The van der Waals surface area contributed by atoms with Crippen molar-refractivity contribution in [1.29, 1.82) is 0 Å². The Labute approximate surface area is 200 Å². The highest BCUT2D eigenvalue weighted by molar-refractivity contribution is 7.80. The fourth-order valence-corrected chi connectivity index (χ4v) is 5.04. The Bertz CT molecular complexity index is 1200. The molecule has 1 aromatic heterocycles. The summed E-state index contributed by atoms with van der Waals surface area (Å²) in [6, 6.07) is 13.2. The molecule has 0 amide bonds. The van der Waals surface area contributed by atoms with Gasteiger partial charge in [0.05, 0.1) is 19.3 Å². The lowest BCUT2D eigenvalue weighted by molar-refractivity contribution is -0.757. The molecule has 2 aromatic carbocycles. The van der Waals surface area contributed by atoms with Crippen molar-refractivity contribution in [2.24, 2.45) is 0 Å². The predicted molar refractivity (Wildman–Crippen MR) is 124 cm³/mol. The van der Waals surface area contributed by atoms with Crippen LogP contribution in [0.2, 0.25) is 0 Å². The number of esters is 2. The molecular formula is C21H17NO8S3. The number of rotatable bonds is 10.